The van der Waals surface area contributed by atoms with Crippen molar-refractivity contribution >= 4 is 34.3 Å². The molecule has 3 aromatic rings. The summed E-state index contributed by atoms with van der Waals surface area (Å²) in [5, 5.41) is 9.43. The molecule has 0 aromatic heterocycles. The topological polar surface area (TPSA) is 113 Å². The van der Waals surface area contributed by atoms with Crippen molar-refractivity contribution in [2.75, 3.05) is 5.32 Å². The van der Waals surface area contributed by atoms with Crippen LogP contribution in [0.4, 0.5) is 23.7 Å². The number of halogens is 3. The van der Waals surface area contributed by atoms with Crippen molar-refractivity contribution in [2.24, 2.45) is 11.1 Å². The first kappa shape index (κ1) is 27.5. The summed E-state index contributed by atoms with van der Waals surface area (Å²) in [6.07, 6.45) is -4.43. The number of carbonyl (C=O) groups excluding carboxylic acids is 3. The minimum absolute atomic E-state index is 0.0910. The van der Waals surface area contributed by atoms with E-state index < -0.39 is 47.1 Å². The van der Waals surface area contributed by atoms with Gasteiger partial charge in [0, 0.05) is 12.1 Å². The monoisotopic (exact) mass is 514 g/mol. The van der Waals surface area contributed by atoms with E-state index in [-0.39, 0.29) is 12.1 Å². The normalized spacial score (nSPS) is 13.5. The van der Waals surface area contributed by atoms with Gasteiger partial charge < -0.3 is 21.7 Å². The number of carbonyl (C=O) groups is 3. The van der Waals surface area contributed by atoms with Crippen molar-refractivity contribution in [1.29, 1.82) is 0 Å². The fraction of sp³-hybridized carbons (Fsp3) is 0.296. The number of hydrogen-bond donors (Lipinski definition) is 4. The summed E-state index contributed by atoms with van der Waals surface area (Å²) in [6.45, 7) is 5.10. The first-order valence-electron chi connectivity index (χ1n) is 11.6. The molecule has 0 aliphatic heterocycles. The molecule has 0 aliphatic rings. The lowest BCUT2D eigenvalue weighted by Gasteiger charge is -2.31. The molecule has 0 unspecified atom stereocenters. The summed E-state index contributed by atoms with van der Waals surface area (Å²) < 4.78 is 38.9. The van der Waals surface area contributed by atoms with E-state index in [1.54, 1.807) is 20.8 Å². The van der Waals surface area contributed by atoms with E-state index in [0.29, 0.717) is 0 Å². The van der Waals surface area contributed by atoms with Crippen molar-refractivity contribution in [3.8, 4) is 0 Å². The third-order valence-electron chi connectivity index (χ3n) is 5.77. The van der Waals surface area contributed by atoms with Crippen LogP contribution in [-0.2, 0) is 22.2 Å². The zero-order valence-corrected chi connectivity index (χ0v) is 20.6. The molecule has 0 aliphatic carbocycles. The van der Waals surface area contributed by atoms with E-state index >= 15 is 0 Å². The van der Waals surface area contributed by atoms with E-state index in [1.165, 1.54) is 6.07 Å². The van der Waals surface area contributed by atoms with Crippen LogP contribution in [0.5, 0.6) is 0 Å². The fourth-order valence-electron chi connectivity index (χ4n) is 3.83. The van der Waals surface area contributed by atoms with Crippen molar-refractivity contribution in [3.63, 3.8) is 0 Å². The Morgan fingerprint density at radius 1 is 0.865 bits per heavy atom. The lowest BCUT2D eigenvalue weighted by molar-refractivity contribution is -0.137. The standard InChI is InChI=1S/C27H29F3N4O3/c1-26(2,3)22(34-25(37)32-20-10-6-9-19(15-20)27(28,29)30)24(36)33-21(23(31)35)14-16-11-12-17-7-4-5-8-18(17)13-16/h4-13,15,21-22H,14H2,1-3H3,(H2,31,35)(H,33,36)(H2,32,34,37)/t21-,22+/m0/s1. The average Bonchev–Trinajstić information content (AvgIpc) is 2.80. The maximum atomic E-state index is 13.2. The summed E-state index contributed by atoms with van der Waals surface area (Å²) in [5.74, 6) is -1.40. The molecule has 196 valence electrons. The first-order valence-corrected chi connectivity index (χ1v) is 11.6. The molecule has 0 spiro atoms. The second-order valence-electron chi connectivity index (χ2n) is 9.83. The van der Waals surface area contributed by atoms with Gasteiger partial charge in [-0.3, -0.25) is 9.59 Å². The fourth-order valence-corrected chi connectivity index (χ4v) is 3.83. The van der Waals surface area contributed by atoms with E-state index in [9.17, 15) is 27.6 Å². The van der Waals surface area contributed by atoms with E-state index in [1.807, 2.05) is 42.5 Å². The van der Waals surface area contributed by atoms with E-state index in [2.05, 4.69) is 16.0 Å². The zero-order chi connectivity index (χ0) is 27.4. The molecule has 0 heterocycles. The van der Waals surface area contributed by atoms with Gasteiger partial charge in [0.2, 0.25) is 11.8 Å². The van der Waals surface area contributed by atoms with Gasteiger partial charge in [-0.05, 0) is 39.9 Å². The van der Waals surface area contributed by atoms with Crippen molar-refractivity contribution in [1.82, 2.24) is 10.6 Å². The summed E-state index contributed by atoms with van der Waals surface area (Å²) in [7, 11) is 0. The minimum atomic E-state index is -4.57. The average molecular weight is 515 g/mol. The second-order valence-corrected chi connectivity index (χ2v) is 9.83. The lowest BCUT2D eigenvalue weighted by atomic mass is 9.86. The Bertz CT molecular complexity index is 1300. The number of urea groups is 1. The summed E-state index contributed by atoms with van der Waals surface area (Å²) in [6, 6.07) is 14.4. The Hall–Kier alpha value is -4.08. The molecule has 10 heteroatoms. The van der Waals surface area contributed by atoms with Crippen LogP contribution in [0.1, 0.15) is 31.9 Å². The highest BCUT2D eigenvalue weighted by atomic mass is 19.4. The lowest BCUT2D eigenvalue weighted by Crippen LogP contribution is -2.58. The minimum Gasteiger partial charge on any atom is -0.368 e. The van der Waals surface area contributed by atoms with Gasteiger partial charge in [-0.1, -0.05) is 69.3 Å². The highest BCUT2D eigenvalue weighted by Crippen LogP contribution is 2.30. The number of benzene rings is 3. The Kier molecular flexibility index (Phi) is 8.10. The number of fused-ring (bicyclic) bond motifs is 1. The molecule has 0 saturated carbocycles. The van der Waals surface area contributed by atoms with Crippen LogP contribution in [-0.4, -0.2) is 29.9 Å². The Morgan fingerprint density at radius 3 is 2.16 bits per heavy atom. The van der Waals surface area contributed by atoms with Crippen LogP contribution in [0.15, 0.2) is 66.7 Å². The molecule has 0 fully saturated rings. The summed E-state index contributed by atoms with van der Waals surface area (Å²) in [4.78, 5) is 37.9. The highest BCUT2D eigenvalue weighted by molar-refractivity contribution is 5.95. The van der Waals surface area contributed by atoms with E-state index in [4.69, 9.17) is 5.73 Å². The molecule has 0 radical (unpaired) electrons. The molecule has 5 N–H and O–H groups in total. The molecule has 4 amide bonds. The number of hydrogen-bond acceptors (Lipinski definition) is 3. The van der Waals surface area contributed by atoms with Gasteiger partial charge in [-0.15, -0.1) is 0 Å². The van der Waals surface area contributed by atoms with E-state index in [0.717, 1.165) is 34.5 Å². The van der Waals surface area contributed by atoms with Gasteiger partial charge in [0.25, 0.3) is 0 Å². The third kappa shape index (κ3) is 7.45. The number of nitrogens with one attached hydrogen (secondary N) is 3. The quantitative estimate of drug-likeness (QED) is 0.369. The maximum Gasteiger partial charge on any atom is 0.416 e. The van der Waals surface area contributed by atoms with Gasteiger partial charge >= 0.3 is 12.2 Å². The molecule has 7 nitrogen and oxygen atoms in total. The predicted molar refractivity (Wildman–Crippen MR) is 136 cm³/mol. The number of amides is 4. The number of alkyl halides is 3. The van der Waals surface area contributed by atoms with Gasteiger partial charge in [0.1, 0.15) is 12.1 Å². The summed E-state index contributed by atoms with van der Waals surface area (Å²) in [5.41, 5.74) is 4.53. The van der Waals surface area contributed by atoms with Gasteiger partial charge in [0.05, 0.1) is 5.56 Å². The molecule has 2 atom stereocenters. The third-order valence-corrected chi connectivity index (χ3v) is 5.77. The number of primary amides is 1. The highest BCUT2D eigenvalue weighted by Gasteiger charge is 2.35. The van der Waals surface area contributed by atoms with Crippen LogP contribution >= 0.6 is 0 Å². The molecule has 0 bridgehead atoms. The molecular weight excluding hydrogens is 485 g/mol. The number of rotatable bonds is 7. The smallest absolute Gasteiger partial charge is 0.368 e. The van der Waals surface area contributed by atoms with Crippen molar-refractivity contribution in [3.05, 3.63) is 77.9 Å². The van der Waals surface area contributed by atoms with Crippen molar-refractivity contribution in [2.45, 2.75) is 45.5 Å². The number of nitrogens with two attached hydrogens (primary N) is 1. The van der Waals surface area contributed by atoms with Crippen LogP contribution in [0.3, 0.4) is 0 Å². The SMILES string of the molecule is CC(C)(C)[C@H](NC(=O)Nc1cccc(C(F)(F)F)c1)C(=O)N[C@@H](Cc1ccc2ccccc2c1)C(N)=O. The predicted octanol–water partition coefficient (Wildman–Crippen LogP) is 4.61. The molecule has 3 rings (SSSR count). The zero-order valence-electron chi connectivity index (χ0n) is 20.6. The Morgan fingerprint density at radius 2 is 1.54 bits per heavy atom. The molecule has 3 aromatic carbocycles. The maximum absolute atomic E-state index is 13.2. The molecular formula is C27H29F3N4O3. The van der Waals surface area contributed by atoms with Gasteiger partial charge in [-0.2, -0.15) is 13.2 Å². The largest absolute Gasteiger partial charge is 0.416 e. The number of anilines is 1. The first-order chi connectivity index (χ1) is 17.2. The van der Waals surface area contributed by atoms with Gasteiger partial charge in [-0.25, -0.2) is 4.79 Å². The molecule has 37 heavy (non-hydrogen) atoms. The Labute approximate surface area is 212 Å². The van der Waals surface area contributed by atoms with Crippen molar-refractivity contribution < 1.29 is 27.6 Å². The Balaban J connectivity index is 1.72. The van der Waals surface area contributed by atoms with Crippen LogP contribution in [0.25, 0.3) is 10.8 Å². The van der Waals surface area contributed by atoms with Gasteiger partial charge in [0.15, 0.2) is 0 Å². The van der Waals surface area contributed by atoms with Crippen LogP contribution in [0.2, 0.25) is 0 Å². The summed E-state index contributed by atoms with van der Waals surface area (Å²) >= 11 is 0. The second kappa shape index (κ2) is 10.9. The van der Waals surface area contributed by atoms with Crippen LogP contribution < -0.4 is 21.7 Å². The molecule has 0 saturated heterocycles. The van der Waals surface area contributed by atoms with Crippen LogP contribution in [0, 0.1) is 5.41 Å².